The molecule has 2 N–H and O–H groups in total. The third-order valence-electron chi connectivity index (χ3n) is 6.42. The molecule has 1 amide bonds. The van der Waals surface area contributed by atoms with Gasteiger partial charge in [-0.1, -0.05) is 12.1 Å². The maximum absolute atomic E-state index is 13.5. The van der Waals surface area contributed by atoms with Crippen LogP contribution in [0.1, 0.15) is 15.9 Å². The van der Waals surface area contributed by atoms with Crippen LogP contribution in [0.2, 0.25) is 0 Å². The first-order chi connectivity index (χ1) is 15.9. The second-order valence-corrected chi connectivity index (χ2v) is 8.34. The summed E-state index contributed by atoms with van der Waals surface area (Å²) in [5, 5.41) is 0.747. The standard InChI is InChI=1S/C24H24F2N6O/c1-30-19-4-2-3-16(23(27)33)20(19)21-22(30)24(29-14-28-21)32-11-9-31(10-12-32)8-7-15-5-6-17(25)18(26)13-15/h2-6,13-14H,7-12H2,1H3,(H2,27,33). The van der Waals surface area contributed by atoms with E-state index in [1.165, 1.54) is 18.5 Å². The highest BCUT2D eigenvalue weighted by atomic mass is 19.2. The van der Waals surface area contributed by atoms with E-state index >= 15 is 0 Å². The van der Waals surface area contributed by atoms with Crippen molar-refractivity contribution in [1.29, 1.82) is 0 Å². The van der Waals surface area contributed by atoms with E-state index in [0.717, 1.165) is 60.5 Å². The van der Waals surface area contributed by atoms with E-state index in [1.54, 1.807) is 12.1 Å². The van der Waals surface area contributed by atoms with Crippen LogP contribution in [0.15, 0.2) is 42.7 Å². The Balaban J connectivity index is 1.36. The highest BCUT2D eigenvalue weighted by molar-refractivity contribution is 6.18. The SMILES string of the molecule is Cn1c2cccc(C(N)=O)c2c2ncnc(N3CCN(CCc4ccc(F)c(F)c4)CC3)c21. The summed E-state index contributed by atoms with van der Waals surface area (Å²) >= 11 is 0. The number of halogens is 2. The van der Waals surface area contributed by atoms with E-state index in [0.29, 0.717) is 17.5 Å². The van der Waals surface area contributed by atoms with E-state index in [4.69, 9.17) is 5.73 Å². The Hall–Kier alpha value is -3.59. The molecule has 2 aromatic heterocycles. The molecule has 0 saturated carbocycles. The number of nitrogens with two attached hydrogens (primary N) is 1. The number of hydrogen-bond acceptors (Lipinski definition) is 5. The highest BCUT2D eigenvalue weighted by Gasteiger charge is 2.24. The van der Waals surface area contributed by atoms with E-state index in [2.05, 4.69) is 19.8 Å². The van der Waals surface area contributed by atoms with Crippen molar-refractivity contribution in [3.05, 3.63) is 65.5 Å². The summed E-state index contributed by atoms with van der Waals surface area (Å²) in [6.07, 6.45) is 2.19. The molecule has 0 radical (unpaired) electrons. The summed E-state index contributed by atoms with van der Waals surface area (Å²) < 4.78 is 28.6. The number of primary amides is 1. The Labute approximate surface area is 189 Å². The number of carbonyl (C=O) groups excluding carboxylic acids is 1. The monoisotopic (exact) mass is 450 g/mol. The quantitative estimate of drug-likeness (QED) is 0.506. The third kappa shape index (κ3) is 3.78. The molecule has 2 aromatic carbocycles. The molecule has 33 heavy (non-hydrogen) atoms. The van der Waals surface area contributed by atoms with Crippen LogP contribution in [-0.2, 0) is 13.5 Å². The molecule has 9 heteroatoms. The number of amides is 1. The van der Waals surface area contributed by atoms with Gasteiger partial charge in [0, 0.05) is 45.2 Å². The van der Waals surface area contributed by atoms with Crippen molar-refractivity contribution in [2.75, 3.05) is 37.6 Å². The summed E-state index contributed by atoms with van der Waals surface area (Å²) in [7, 11) is 1.94. The minimum Gasteiger partial charge on any atom is -0.366 e. The first-order valence-corrected chi connectivity index (χ1v) is 10.9. The van der Waals surface area contributed by atoms with Gasteiger partial charge in [0.25, 0.3) is 0 Å². The van der Waals surface area contributed by atoms with Crippen LogP contribution in [0.25, 0.3) is 21.9 Å². The topological polar surface area (TPSA) is 80.3 Å². The van der Waals surface area contributed by atoms with Crippen LogP contribution in [0.5, 0.6) is 0 Å². The van der Waals surface area contributed by atoms with Crippen LogP contribution in [0, 0.1) is 11.6 Å². The fraction of sp³-hybridized carbons (Fsp3) is 0.292. The normalized spacial score (nSPS) is 14.9. The van der Waals surface area contributed by atoms with Crippen LogP contribution in [0.3, 0.4) is 0 Å². The summed E-state index contributed by atoms with van der Waals surface area (Å²) in [5.74, 6) is -1.28. The van der Waals surface area contributed by atoms with Crippen molar-refractivity contribution < 1.29 is 13.6 Å². The second-order valence-electron chi connectivity index (χ2n) is 8.34. The predicted octanol–water partition coefficient (Wildman–Crippen LogP) is 2.86. The molecule has 0 atom stereocenters. The van der Waals surface area contributed by atoms with Gasteiger partial charge in [0.2, 0.25) is 5.91 Å². The average Bonchev–Trinajstić information content (AvgIpc) is 3.12. The third-order valence-corrected chi connectivity index (χ3v) is 6.42. The number of rotatable bonds is 5. The Morgan fingerprint density at radius 2 is 1.85 bits per heavy atom. The van der Waals surface area contributed by atoms with Crippen LogP contribution in [0.4, 0.5) is 14.6 Å². The molecule has 0 bridgehead atoms. The number of piperazine rings is 1. The fourth-order valence-electron chi connectivity index (χ4n) is 4.65. The molecule has 0 aliphatic carbocycles. The maximum atomic E-state index is 13.5. The highest BCUT2D eigenvalue weighted by Crippen LogP contribution is 2.34. The van der Waals surface area contributed by atoms with E-state index in [-0.39, 0.29) is 0 Å². The summed E-state index contributed by atoms with van der Waals surface area (Å²) in [5.41, 5.74) is 9.32. The Morgan fingerprint density at radius 1 is 1.06 bits per heavy atom. The van der Waals surface area contributed by atoms with E-state index in [9.17, 15) is 13.6 Å². The molecule has 3 heterocycles. The summed E-state index contributed by atoms with van der Waals surface area (Å²) in [4.78, 5) is 25.6. The van der Waals surface area contributed by atoms with Gasteiger partial charge < -0.3 is 15.2 Å². The molecule has 1 fully saturated rings. The summed E-state index contributed by atoms with van der Waals surface area (Å²) in [6.45, 7) is 3.97. The van der Waals surface area contributed by atoms with Crippen molar-refractivity contribution >= 4 is 33.7 Å². The van der Waals surface area contributed by atoms with Gasteiger partial charge in [-0.15, -0.1) is 0 Å². The molecule has 4 aromatic rings. The molecule has 170 valence electrons. The van der Waals surface area contributed by atoms with Gasteiger partial charge in [-0.25, -0.2) is 18.7 Å². The van der Waals surface area contributed by atoms with Crippen molar-refractivity contribution in [1.82, 2.24) is 19.4 Å². The van der Waals surface area contributed by atoms with Gasteiger partial charge in [-0.3, -0.25) is 9.69 Å². The maximum Gasteiger partial charge on any atom is 0.249 e. The zero-order valence-electron chi connectivity index (χ0n) is 18.3. The molecular weight excluding hydrogens is 426 g/mol. The number of fused-ring (bicyclic) bond motifs is 3. The number of carbonyl (C=O) groups is 1. The molecule has 5 rings (SSSR count). The lowest BCUT2D eigenvalue weighted by molar-refractivity contribution is 0.100. The van der Waals surface area contributed by atoms with Crippen LogP contribution >= 0.6 is 0 Å². The van der Waals surface area contributed by atoms with Gasteiger partial charge in [-0.2, -0.15) is 0 Å². The summed E-state index contributed by atoms with van der Waals surface area (Å²) in [6, 6.07) is 9.56. The van der Waals surface area contributed by atoms with E-state index < -0.39 is 17.5 Å². The lowest BCUT2D eigenvalue weighted by Crippen LogP contribution is -2.47. The molecule has 0 unspecified atom stereocenters. The van der Waals surface area contributed by atoms with Crippen LogP contribution in [-0.4, -0.2) is 58.1 Å². The lowest BCUT2D eigenvalue weighted by atomic mass is 10.1. The van der Waals surface area contributed by atoms with Gasteiger partial charge in [0.05, 0.1) is 11.1 Å². The molecule has 7 nitrogen and oxygen atoms in total. The number of aromatic nitrogens is 3. The number of anilines is 1. The minimum atomic E-state index is -0.820. The molecule has 1 aliphatic rings. The van der Waals surface area contributed by atoms with Crippen molar-refractivity contribution in [3.63, 3.8) is 0 Å². The van der Waals surface area contributed by atoms with Gasteiger partial charge in [-0.05, 0) is 36.2 Å². The van der Waals surface area contributed by atoms with Crippen LogP contribution < -0.4 is 10.6 Å². The largest absolute Gasteiger partial charge is 0.366 e. The zero-order chi connectivity index (χ0) is 23.1. The van der Waals surface area contributed by atoms with Crippen molar-refractivity contribution in [3.8, 4) is 0 Å². The second kappa shape index (κ2) is 8.40. The molecule has 1 aliphatic heterocycles. The lowest BCUT2D eigenvalue weighted by Gasteiger charge is -2.35. The molecule has 1 saturated heterocycles. The fourth-order valence-corrected chi connectivity index (χ4v) is 4.65. The average molecular weight is 450 g/mol. The Bertz CT molecular complexity index is 1360. The van der Waals surface area contributed by atoms with Gasteiger partial charge in [0.15, 0.2) is 17.5 Å². The minimum absolute atomic E-state index is 0.449. The number of hydrogen-bond donors (Lipinski definition) is 1. The Kier molecular flexibility index (Phi) is 5.41. The predicted molar refractivity (Wildman–Crippen MR) is 123 cm³/mol. The van der Waals surface area contributed by atoms with Crippen molar-refractivity contribution in [2.45, 2.75) is 6.42 Å². The first kappa shape index (κ1) is 21.3. The smallest absolute Gasteiger partial charge is 0.249 e. The number of benzene rings is 2. The van der Waals surface area contributed by atoms with Gasteiger partial charge >= 0.3 is 0 Å². The first-order valence-electron chi connectivity index (χ1n) is 10.9. The molecule has 0 spiro atoms. The van der Waals surface area contributed by atoms with Crippen molar-refractivity contribution in [2.24, 2.45) is 12.8 Å². The Morgan fingerprint density at radius 3 is 2.58 bits per heavy atom. The molecular formula is C24H24F2N6O. The van der Waals surface area contributed by atoms with Gasteiger partial charge in [0.1, 0.15) is 17.4 Å². The number of nitrogens with zero attached hydrogens (tertiary/aromatic N) is 5. The number of aryl methyl sites for hydroxylation is 1. The van der Waals surface area contributed by atoms with E-state index in [1.807, 2.05) is 23.7 Å². The zero-order valence-corrected chi connectivity index (χ0v) is 18.3.